The van der Waals surface area contributed by atoms with E-state index in [0.29, 0.717) is 12.6 Å². The van der Waals surface area contributed by atoms with E-state index < -0.39 is 0 Å². The highest BCUT2D eigenvalue weighted by atomic mass is 16.5. The number of nitrogens with one attached hydrogen (secondary N) is 1. The van der Waals surface area contributed by atoms with E-state index in [-0.39, 0.29) is 5.78 Å². The van der Waals surface area contributed by atoms with Crippen LogP contribution in [0, 0.1) is 0 Å². The number of aromatic amines is 1. The minimum atomic E-state index is 0.159. The predicted molar refractivity (Wildman–Crippen MR) is 74.5 cm³/mol. The maximum Gasteiger partial charge on any atom is 0.178 e. The monoisotopic (exact) mass is 258 g/mol. The van der Waals surface area contributed by atoms with Gasteiger partial charge in [0.2, 0.25) is 0 Å². The summed E-state index contributed by atoms with van der Waals surface area (Å²) in [5.74, 6) is 0.159. The zero-order valence-corrected chi connectivity index (χ0v) is 11.1. The van der Waals surface area contributed by atoms with Gasteiger partial charge in [0.1, 0.15) is 0 Å². The van der Waals surface area contributed by atoms with Crippen molar-refractivity contribution in [3.05, 3.63) is 36.0 Å². The van der Waals surface area contributed by atoms with Crippen molar-refractivity contribution in [2.24, 2.45) is 0 Å². The van der Waals surface area contributed by atoms with Crippen LogP contribution in [0.3, 0.4) is 0 Å². The van der Waals surface area contributed by atoms with Crippen molar-refractivity contribution in [1.82, 2.24) is 9.88 Å². The molecule has 1 atom stereocenters. The molecule has 1 unspecified atom stereocenters. The Morgan fingerprint density at radius 2 is 2.32 bits per heavy atom. The number of H-pyrrole nitrogens is 1. The van der Waals surface area contributed by atoms with Crippen LogP contribution in [0.5, 0.6) is 0 Å². The highest BCUT2D eigenvalue weighted by Crippen LogP contribution is 2.19. The quantitative estimate of drug-likeness (QED) is 0.854. The zero-order chi connectivity index (χ0) is 13.2. The predicted octanol–water partition coefficient (Wildman–Crippen LogP) is 2.07. The van der Waals surface area contributed by atoms with E-state index in [1.807, 2.05) is 37.5 Å². The fourth-order valence-electron chi connectivity index (χ4n) is 2.61. The van der Waals surface area contributed by atoms with E-state index in [1.54, 1.807) is 0 Å². The molecule has 2 aromatic rings. The minimum Gasteiger partial charge on any atom is -0.380 e. The molecule has 0 saturated carbocycles. The number of ether oxygens (including phenoxy) is 1. The summed E-state index contributed by atoms with van der Waals surface area (Å²) in [7, 11) is 1.99. The number of hydrogen-bond acceptors (Lipinski definition) is 3. The lowest BCUT2D eigenvalue weighted by molar-refractivity contribution is 0.0909. The number of hydrogen-bond donors (Lipinski definition) is 1. The van der Waals surface area contributed by atoms with E-state index in [0.717, 1.165) is 36.1 Å². The Morgan fingerprint density at radius 3 is 3.11 bits per heavy atom. The molecule has 0 amide bonds. The van der Waals surface area contributed by atoms with Crippen LogP contribution in [0.1, 0.15) is 16.8 Å². The van der Waals surface area contributed by atoms with Crippen molar-refractivity contribution in [3.63, 3.8) is 0 Å². The molecule has 1 N–H and O–H groups in total. The SMILES string of the molecule is CN(CC(=O)c1c[nH]c2ccccc12)C1CCOC1. The number of ketones is 1. The van der Waals surface area contributed by atoms with Crippen LogP contribution in [-0.4, -0.2) is 48.5 Å². The van der Waals surface area contributed by atoms with Gasteiger partial charge < -0.3 is 9.72 Å². The molecule has 1 aliphatic heterocycles. The standard InChI is InChI=1S/C15H18N2O2/c1-17(11-6-7-19-10-11)9-15(18)13-8-16-14-5-3-2-4-12(13)14/h2-5,8,11,16H,6-7,9-10H2,1H3. The van der Waals surface area contributed by atoms with Gasteiger partial charge in [-0.25, -0.2) is 0 Å². The van der Waals surface area contributed by atoms with Crippen molar-refractivity contribution in [2.75, 3.05) is 26.8 Å². The third kappa shape index (κ3) is 2.41. The Balaban J connectivity index is 1.76. The van der Waals surface area contributed by atoms with Gasteiger partial charge >= 0.3 is 0 Å². The maximum atomic E-state index is 12.4. The van der Waals surface area contributed by atoms with Crippen molar-refractivity contribution < 1.29 is 9.53 Å². The smallest absolute Gasteiger partial charge is 0.178 e. The number of benzene rings is 1. The van der Waals surface area contributed by atoms with E-state index in [1.165, 1.54) is 0 Å². The second-order valence-electron chi connectivity index (χ2n) is 5.10. The summed E-state index contributed by atoms with van der Waals surface area (Å²) in [6, 6.07) is 8.27. The molecule has 4 heteroatoms. The zero-order valence-electron chi connectivity index (χ0n) is 11.1. The topological polar surface area (TPSA) is 45.3 Å². The van der Waals surface area contributed by atoms with Crippen molar-refractivity contribution >= 4 is 16.7 Å². The van der Waals surface area contributed by atoms with Gasteiger partial charge in [0.15, 0.2) is 5.78 Å². The molecule has 4 nitrogen and oxygen atoms in total. The maximum absolute atomic E-state index is 12.4. The first kappa shape index (κ1) is 12.4. The van der Waals surface area contributed by atoms with Crippen LogP contribution in [0.25, 0.3) is 10.9 Å². The normalized spacial score (nSPS) is 19.4. The van der Waals surface area contributed by atoms with Crippen LogP contribution in [-0.2, 0) is 4.74 Å². The molecule has 3 rings (SSSR count). The molecule has 0 bridgehead atoms. The average Bonchev–Trinajstić information content (AvgIpc) is 3.08. The summed E-state index contributed by atoms with van der Waals surface area (Å²) in [5, 5.41) is 1.00. The molecular formula is C15H18N2O2. The Morgan fingerprint density at radius 1 is 1.47 bits per heavy atom. The van der Waals surface area contributed by atoms with Gasteiger partial charge in [0.05, 0.1) is 13.2 Å². The molecule has 1 fully saturated rings. The second-order valence-corrected chi connectivity index (χ2v) is 5.10. The fraction of sp³-hybridized carbons (Fsp3) is 0.400. The lowest BCUT2D eigenvalue weighted by atomic mass is 10.1. The van der Waals surface area contributed by atoms with E-state index in [4.69, 9.17) is 4.74 Å². The number of fused-ring (bicyclic) bond motifs is 1. The van der Waals surface area contributed by atoms with Gasteiger partial charge in [-0.3, -0.25) is 9.69 Å². The van der Waals surface area contributed by atoms with Gasteiger partial charge in [-0.05, 0) is 19.5 Å². The molecule has 1 aromatic heterocycles. The molecular weight excluding hydrogens is 240 g/mol. The van der Waals surface area contributed by atoms with Crippen LogP contribution in [0.4, 0.5) is 0 Å². The third-order valence-corrected chi connectivity index (χ3v) is 3.81. The first-order valence-electron chi connectivity index (χ1n) is 6.63. The van der Waals surface area contributed by atoms with Gasteiger partial charge in [-0.2, -0.15) is 0 Å². The average molecular weight is 258 g/mol. The van der Waals surface area contributed by atoms with E-state index >= 15 is 0 Å². The molecule has 100 valence electrons. The molecule has 0 radical (unpaired) electrons. The van der Waals surface area contributed by atoms with Gasteiger partial charge in [0.25, 0.3) is 0 Å². The molecule has 1 aromatic carbocycles. The van der Waals surface area contributed by atoms with Crippen molar-refractivity contribution in [2.45, 2.75) is 12.5 Å². The summed E-state index contributed by atoms with van der Waals surface area (Å²) >= 11 is 0. The summed E-state index contributed by atoms with van der Waals surface area (Å²) < 4.78 is 5.36. The minimum absolute atomic E-state index is 0.159. The first-order chi connectivity index (χ1) is 9.25. The third-order valence-electron chi connectivity index (χ3n) is 3.81. The Hall–Kier alpha value is -1.65. The van der Waals surface area contributed by atoms with E-state index in [2.05, 4.69) is 9.88 Å². The number of likely N-dealkylation sites (N-methyl/N-ethyl adjacent to an activating group) is 1. The summed E-state index contributed by atoms with van der Waals surface area (Å²) in [6.45, 7) is 1.98. The number of Topliss-reactive ketones (excluding diaryl/α,β-unsaturated/α-hetero) is 1. The largest absolute Gasteiger partial charge is 0.380 e. The molecule has 1 saturated heterocycles. The Labute approximate surface area is 112 Å². The summed E-state index contributed by atoms with van der Waals surface area (Å²) in [6.07, 6.45) is 2.82. The fourth-order valence-corrected chi connectivity index (χ4v) is 2.61. The van der Waals surface area contributed by atoms with Crippen LogP contribution >= 0.6 is 0 Å². The molecule has 1 aliphatic rings. The Bertz CT molecular complexity index is 585. The molecule has 19 heavy (non-hydrogen) atoms. The molecule has 2 heterocycles. The summed E-state index contributed by atoms with van der Waals surface area (Å²) in [5.41, 5.74) is 1.79. The molecule has 0 spiro atoms. The highest BCUT2D eigenvalue weighted by Gasteiger charge is 2.23. The van der Waals surface area contributed by atoms with Gasteiger partial charge in [-0.1, -0.05) is 18.2 Å². The van der Waals surface area contributed by atoms with Gasteiger partial charge in [0, 0.05) is 35.3 Å². The van der Waals surface area contributed by atoms with Crippen LogP contribution in [0.15, 0.2) is 30.5 Å². The van der Waals surface area contributed by atoms with Crippen molar-refractivity contribution in [1.29, 1.82) is 0 Å². The molecule has 0 aliphatic carbocycles. The van der Waals surface area contributed by atoms with Crippen LogP contribution < -0.4 is 0 Å². The van der Waals surface area contributed by atoms with Crippen LogP contribution in [0.2, 0.25) is 0 Å². The lowest BCUT2D eigenvalue weighted by Gasteiger charge is -2.21. The number of aromatic nitrogens is 1. The first-order valence-corrected chi connectivity index (χ1v) is 6.63. The lowest BCUT2D eigenvalue weighted by Crippen LogP contribution is -2.36. The number of para-hydroxylation sites is 1. The Kier molecular flexibility index (Phi) is 3.36. The summed E-state index contributed by atoms with van der Waals surface area (Å²) in [4.78, 5) is 17.6. The van der Waals surface area contributed by atoms with E-state index in [9.17, 15) is 4.79 Å². The van der Waals surface area contributed by atoms with Gasteiger partial charge in [-0.15, -0.1) is 0 Å². The number of carbonyl (C=O) groups excluding carboxylic acids is 1. The second kappa shape index (κ2) is 5.15. The number of rotatable bonds is 4. The highest BCUT2D eigenvalue weighted by molar-refractivity contribution is 6.08. The number of carbonyl (C=O) groups is 1. The van der Waals surface area contributed by atoms with Crippen molar-refractivity contribution in [3.8, 4) is 0 Å². The number of nitrogens with zero attached hydrogens (tertiary/aromatic N) is 1.